The molecule has 0 spiro atoms. The van der Waals surface area contributed by atoms with E-state index >= 15 is 0 Å². The Hall–Kier alpha value is -0.380. The fourth-order valence-electron chi connectivity index (χ4n) is 0.656. The zero-order chi connectivity index (χ0) is 9.40. The van der Waals surface area contributed by atoms with Gasteiger partial charge in [0.25, 0.3) is 0 Å². The first-order valence-electron chi connectivity index (χ1n) is 3.80. The molecule has 0 aromatic carbocycles. The van der Waals surface area contributed by atoms with Crippen LogP contribution in [0.15, 0.2) is 11.6 Å². The SMILES string of the molecule is CCOC(OCC)C(=O)/C=C\Cl. The zero-order valence-electron chi connectivity index (χ0n) is 7.25. The van der Waals surface area contributed by atoms with Gasteiger partial charge in [-0.25, -0.2) is 0 Å². The van der Waals surface area contributed by atoms with Crippen molar-refractivity contribution in [2.45, 2.75) is 20.1 Å². The summed E-state index contributed by atoms with van der Waals surface area (Å²) in [5.74, 6) is -0.270. The molecule has 0 aromatic rings. The van der Waals surface area contributed by atoms with E-state index in [0.29, 0.717) is 13.2 Å². The lowest BCUT2D eigenvalue weighted by molar-refractivity contribution is -0.162. The maximum absolute atomic E-state index is 11.1. The Balaban J connectivity index is 3.98. The monoisotopic (exact) mass is 192 g/mol. The molecule has 0 radical (unpaired) electrons. The van der Waals surface area contributed by atoms with Crippen LogP contribution >= 0.6 is 11.6 Å². The molecule has 0 fully saturated rings. The van der Waals surface area contributed by atoms with Gasteiger partial charge in [-0.2, -0.15) is 0 Å². The van der Waals surface area contributed by atoms with Gasteiger partial charge in [-0.1, -0.05) is 11.6 Å². The third-order valence-electron chi connectivity index (χ3n) is 1.10. The van der Waals surface area contributed by atoms with E-state index < -0.39 is 6.29 Å². The highest BCUT2D eigenvalue weighted by atomic mass is 35.5. The molecule has 0 aliphatic carbocycles. The summed E-state index contributed by atoms with van der Waals surface area (Å²) in [5, 5.41) is 0. The maximum Gasteiger partial charge on any atom is 0.222 e. The number of hydrogen-bond donors (Lipinski definition) is 0. The van der Waals surface area contributed by atoms with E-state index in [1.54, 1.807) is 13.8 Å². The van der Waals surface area contributed by atoms with E-state index in [-0.39, 0.29) is 5.78 Å². The minimum Gasteiger partial charge on any atom is -0.346 e. The molecule has 0 rings (SSSR count). The third-order valence-corrected chi connectivity index (χ3v) is 1.22. The quantitative estimate of drug-likeness (QED) is 0.475. The number of rotatable bonds is 6. The highest BCUT2D eigenvalue weighted by Gasteiger charge is 2.14. The van der Waals surface area contributed by atoms with Crippen molar-refractivity contribution in [3.05, 3.63) is 11.6 Å². The summed E-state index contributed by atoms with van der Waals surface area (Å²) >= 11 is 5.23. The number of ketones is 1. The lowest BCUT2D eigenvalue weighted by Gasteiger charge is -2.12. The number of ether oxygens (including phenoxy) is 2. The predicted octanol–water partition coefficient (Wildman–Crippen LogP) is 1.71. The molecular weight excluding hydrogens is 180 g/mol. The van der Waals surface area contributed by atoms with Gasteiger partial charge >= 0.3 is 0 Å². The molecule has 0 aliphatic rings. The second-order valence-electron chi connectivity index (χ2n) is 1.94. The highest BCUT2D eigenvalue weighted by Crippen LogP contribution is 1.98. The van der Waals surface area contributed by atoms with Crippen molar-refractivity contribution in [3.8, 4) is 0 Å². The topological polar surface area (TPSA) is 35.5 Å². The number of carbonyl (C=O) groups is 1. The molecule has 0 amide bonds. The lowest BCUT2D eigenvalue weighted by Crippen LogP contribution is -2.25. The predicted molar refractivity (Wildman–Crippen MR) is 47.0 cm³/mol. The first kappa shape index (κ1) is 11.6. The molecule has 0 aromatic heterocycles. The molecule has 0 atom stereocenters. The lowest BCUT2D eigenvalue weighted by atomic mass is 10.4. The summed E-state index contributed by atoms with van der Waals surface area (Å²) in [7, 11) is 0. The highest BCUT2D eigenvalue weighted by molar-refractivity contribution is 6.26. The van der Waals surface area contributed by atoms with Crippen LogP contribution in [0.2, 0.25) is 0 Å². The largest absolute Gasteiger partial charge is 0.346 e. The molecule has 3 nitrogen and oxygen atoms in total. The van der Waals surface area contributed by atoms with Crippen LogP contribution in [-0.2, 0) is 14.3 Å². The van der Waals surface area contributed by atoms with E-state index in [4.69, 9.17) is 21.1 Å². The first-order valence-corrected chi connectivity index (χ1v) is 4.23. The Bertz CT molecular complexity index is 150. The number of carbonyl (C=O) groups excluding carboxylic acids is 1. The fourth-order valence-corrected chi connectivity index (χ4v) is 0.780. The molecule has 12 heavy (non-hydrogen) atoms. The van der Waals surface area contributed by atoms with E-state index in [1.165, 1.54) is 6.08 Å². The van der Waals surface area contributed by atoms with Crippen molar-refractivity contribution in [3.63, 3.8) is 0 Å². The van der Waals surface area contributed by atoms with Crippen molar-refractivity contribution in [1.29, 1.82) is 0 Å². The van der Waals surface area contributed by atoms with Crippen LogP contribution in [-0.4, -0.2) is 25.3 Å². The molecule has 0 unspecified atom stereocenters. The number of hydrogen-bond acceptors (Lipinski definition) is 3. The fraction of sp³-hybridized carbons (Fsp3) is 0.625. The summed E-state index contributed by atoms with van der Waals surface area (Å²) in [6, 6.07) is 0. The minimum absolute atomic E-state index is 0.270. The molecular formula is C8H13ClO3. The Morgan fingerprint density at radius 2 is 1.92 bits per heavy atom. The van der Waals surface area contributed by atoms with Gasteiger partial charge in [0, 0.05) is 18.7 Å². The van der Waals surface area contributed by atoms with Gasteiger partial charge in [-0.3, -0.25) is 4.79 Å². The van der Waals surface area contributed by atoms with Gasteiger partial charge in [0.2, 0.25) is 12.1 Å². The average molecular weight is 193 g/mol. The smallest absolute Gasteiger partial charge is 0.222 e. The molecule has 0 saturated carbocycles. The normalized spacial score (nSPS) is 11.3. The first-order chi connectivity index (χ1) is 5.76. The van der Waals surface area contributed by atoms with E-state index in [9.17, 15) is 4.79 Å². The molecule has 0 N–H and O–H groups in total. The summed E-state index contributed by atoms with van der Waals surface area (Å²) in [4.78, 5) is 11.1. The van der Waals surface area contributed by atoms with Gasteiger partial charge in [0.05, 0.1) is 0 Å². The van der Waals surface area contributed by atoms with Crippen LogP contribution in [0.1, 0.15) is 13.8 Å². The molecule has 0 heterocycles. The van der Waals surface area contributed by atoms with E-state index in [1.807, 2.05) is 0 Å². The van der Waals surface area contributed by atoms with Crippen molar-refractivity contribution >= 4 is 17.4 Å². The molecule has 0 bridgehead atoms. The van der Waals surface area contributed by atoms with Gasteiger partial charge in [-0.05, 0) is 19.9 Å². The second kappa shape index (κ2) is 7.28. The Morgan fingerprint density at radius 1 is 1.42 bits per heavy atom. The molecule has 0 saturated heterocycles. The van der Waals surface area contributed by atoms with Crippen LogP contribution in [0.4, 0.5) is 0 Å². The van der Waals surface area contributed by atoms with Gasteiger partial charge in [0.15, 0.2) is 0 Å². The Morgan fingerprint density at radius 3 is 2.25 bits per heavy atom. The van der Waals surface area contributed by atoms with Crippen LogP contribution in [0, 0.1) is 0 Å². The van der Waals surface area contributed by atoms with Crippen molar-refractivity contribution in [1.82, 2.24) is 0 Å². The van der Waals surface area contributed by atoms with Crippen LogP contribution in [0.25, 0.3) is 0 Å². The van der Waals surface area contributed by atoms with E-state index in [2.05, 4.69) is 0 Å². The third kappa shape index (κ3) is 4.49. The molecule has 4 heteroatoms. The second-order valence-corrected chi connectivity index (χ2v) is 2.19. The maximum atomic E-state index is 11.1. The Kier molecular flexibility index (Phi) is 7.05. The van der Waals surface area contributed by atoms with Crippen molar-refractivity contribution in [2.24, 2.45) is 0 Å². The molecule has 70 valence electrons. The zero-order valence-corrected chi connectivity index (χ0v) is 8.00. The summed E-state index contributed by atoms with van der Waals surface area (Å²) in [6.07, 6.45) is 0.410. The van der Waals surface area contributed by atoms with Crippen molar-refractivity contribution in [2.75, 3.05) is 13.2 Å². The Labute approximate surface area is 77.3 Å². The summed E-state index contributed by atoms with van der Waals surface area (Å²) in [6.45, 7) is 4.46. The number of halogens is 1. The standard InChI is InChI=1S/C8H13ClO3/c1-3-11-8(12-4-2)7(10)5-6-9/h5-6,8H,3-4H2,1-2H3/b6-5-. The van der Waals surface area contributed by atoms with Gasteiger partial charge < -0.3 is 9.47 Å². The minimum atomic E-state index is -0.810. The summed E-state index contributed by atoms with van der Waals surface area (Å²) < 4.78 is 10.0. The van der Waals surface area contributed by atoms with Crippen molar-refractivity contribution < 1.29 is 14.3 Å². The van der Waals surface area contributed by atoms with Crippen LogP contribution in [0.5, 0.6) is 0 Å². The summed E-state index contributed by atoms with van der Waals surface area (Å²) in [5.41, 5.74) is 1.15. The van der Waals surface area contributed by atoms with Crippen LogP contribution < -0.4 is 0 Å². The van der Waals surface area contributed by atoms with Crippen LogP contribution in [0.3, 0.4) is 0 Å². The van der Waals surface area contributed by atoms with E-state index in [0.717, 1.165) is 5.54 Å². The van der Waals surface area contributed by atoms with Gasteiger partial charge in [0.1, 0.15) is 0 Å². The average Bonchev–Trinajstić information content (AvgIpc) is 2.04. The molecule has 0 aliphatic heterocycles. The van der Waals surface area contributed by atoms with Gasteiger partial charge in [-0.15, -0.1) is 0 Å².